The van der Waals surface area contributed by atoms with Gasteiger partial charge in [-0.05, 0) is 82.6 Å². The van der Waals surface area contributed by atoms with Crippen LogP contribution in [0.3, 0.4) is 0 Å². The van der Waals surface area contributed by atoms with Gasteiger partial charge in [0.05, 0.1) is 16.7 Å². The monoisotopic (exact) mass is 544 g/mol. The van der Waals surface area contributed by atoms with Crippen molar-refractivity contribution in [1.29, 1.82) is 5.26 Å². The second kappa shape index (κ2) is 12.3. The van der Waals surface area contributed by atoms with Crippen LogP contribution in [0.1, 0.15) is 76.2 Å². The third-order valence-corrected chi connectivity index (χ3v) is 8.06. The van der Waals surface area contributed by atoms with Gasteiger partial charge in [-0.1, -0.05) is 55.3 Å². The van der Waals surface area contributed by atoms with E-state index < -0.39 is 5.97 Å². The fourth-order valence-electron chi connectivity index (χ4n) is 5.03. The second-order valence-corrected chi connectivity index (χ2v) is 10.8. The summed E-state index contributed by atoms with van der Waals surface area (Å²) in [5.74, 6) is -1.10. The quantitative estimate of drug-likeness (QED) is 0.214. The molecule has 38 heavy (non-hydrogen) atoms. The van der Waals surface area contributed by atoms with Crippen LogP contribution in [-0.2, 0) is 4.79 Å². The van der Waals surface area contributed by atoms with E-state index in [0.717, 1.165) is 39.6 Å². The Morgan fingerprint density at radius 2 is 1.76 bits per heavy atom. The zero-order valence-electron chi connectivity index (χ0n) is 21.3. The maximum Gasteiger partial charge on any atom is 0.305 e. The summed E-state index contributed by atoms with van der Waals surface area (Å²) < 4.78 is 0.996. The Labute approximate surface area is 231 Å². The first-order valence-electron chi connectivity index (χ1n) is 12.6. The number of nitriles is 1. The number of benzene rings is 3. The zero-order chi connectivity index (χ0) is 27.2. The number of hydrogen-bond acceptors (Lipinski definition) is 4. The number of thiophene rings is 1. The number of amides is 1. The summed E-state index contributed by atoms with van der Waals surface area (Å²) in [5.41, 5.74) is 5.67. The van der Waals surface area contributed by atoms with E-state index in [1.165, 1.54) is 5.56 Å². The van der Waals surface area contributed by atoms with Crippen LogP contribution in [0.25, 0.3) is 10.1 Å². The smallest absolute Gasteiger partial charge is 0.305 e. The van der Waals surface area contributed by atoms with Crippen molar-refractivity contribution in [2.24, 2.45) is 0 Å². The van der Waals surface area contributed by atoms with E-state index in [1.807, 2.05) is 37.3 Å². The lowest BCUT2D eigenvalue weighted by molar-refractivity contribution is -0.136. The van der Waals surface area contributed by atoms with Crippen molar-refractivity contribution in [1.82, 2.24) is 5.32 Å². The molecular weight excluding hydrogens is 516 g/mol. The number of nitrogens with zero attached hydrogens (tertiary/aromatic N) is 1. The van der Waals surface area contributed by atoms with Crippen LogP contribution >= 0.6 is 22.9 Å². The number of aliphatic carboxylic acids is 1. The summed E-state index contributed by atoms with van der Waals surface area (Å²) >= 11 is 7.85. The maximum absolute atomic E-state index is 12.5. The molecule has 0 bridgehead atoms. The van der Waals surface area contributed by atoms with E-state index in [4.69, 9.17) is 16.7 Å². The van der Waals surface area contributed by atoms with Crippen molar-refractivity contribution in [2.75, 3.05) is 6.54 Å². The van der Waals surface area contributed by atoms with Crippen LogP contribution in [0.5, 0.6) is 0 Å². The Bertz CT molecular complexity index is 1490. The Morgan fingerprint density at radius 3 is 2.39 bits per heavy atom. The van der Waals surface area contributed by atoms with E-state index in [1.54, 1.807) is 23.5 Å². The van der Waals surface area contributed by atoms with Gasteiger partial charge in [-0.25, -0.2) is 0 Å². The average molecular weight is 545 g/mol. The first-order valence-corrected chi connectivity index (χ1v) is 13.8. The number of aryl methyl sites for hydroxylation is 1. The van der Waals surface area contributed by atoms with E-state index in [2.05, 4.69) is 41.9 Å². The largest absolute Gasteiger partial charge is 0.481 e. The molecule has 0 spiro atoms. The van der Waals surface area contributed by atoms with Crippen molar-refractivity contribution >= 4 is 44.9 Å². The number of carboxylic acid groups (broad SMARTS) is 1. The van der Waals surface area contributed by atoms with Crippen LogP contribution in [0.2, 0.25) is 5.02 Å². The molecule has 4 aromatic rings. The molecule has 1 aromatic heterocycles. The summed E-state index contributed by atoms with van der Waals surface area (Å²) in [4.78, 5) is 23.3. The Balaban J connectivity index is 1.78. The fraction of sp³-hybridized carbons (Fsp3) is 0.258. The van der Waals surface area contributed by atoms with Gasteiger partial charge in [0, 0.05) is 23.0 Å². The zero-order valence-corrected chi connectivity index (χ0v) is 22.9. The lowest BCUT2D eigenvalue weighted by atomic mass is 9.75. The summed E-state index contributed by atoms with van der Waals surface area (Å²) in [6.07, 6.45) is 1.77. The van der Waals surface area contributed by atoms with Crippen LogP contribution < -0.4 is 5.32 Å². The van der Waals surface area contributed by atoms with E-state index >= 15 is 0 Å². The SMILES string of the molecule is CCC[C@H](c1ccc(C(=O)NCCC(=O)O)cc1)C(c1ccc(Cl)cc1)c1csc2c(C#N)cc(C)cc12. The van der Waals surface area contributed by atoms with Gasteiger partial charge in [0.25, 0.3) is 5.91 Å². The molecule has 0 saturated carbocycles. The molecule has 194 valence electrons. The van der Waals surface area contributed by atoms with Gasteiger partial charge in [0.1, 0.15) is 6.07 Å². The minimum absolute atomic E-state index is 0.0181. The van der Waals surface area contributed by atoms with Crippen molar-refractivity contribution in [3.63, 3.8) is 0 Å². The molecule has 7 heteroatoms. The van der Waals surface area contributed by atoms with Crippen molar-refractivity contribution in [2.45, 2.75) is 44.9 Å². The van der Waals surface area contributed by atoms with Crippen LogP contribution in [0.4, 0.5) is 0 Å². The van der Waals surface area contributed by atoms with Gasteiger partial charge < -0.3 is 10.4 Å². The highest BCUT2D eigenvalue weighted by molar-refractivity contribution is 7.17. The predicted molar refractivity (Wildman–Crippen MR) is 153 cm³/mol. The predicted octanol–water partition coefficient (Wildman–Crippen LogP) is 7.66. The molecule has 0 saturated heterocycles. The number of hydrogen-bond donors (Lipinski definition) is 2. The summed E-state index contributed by atoms with van der Waals surface area (Å²) in [6.45, 7) is 4.27. The molecule has 0 fully saturated rings. The highest BCUT2D eigenvalue weighted by atomic mass is 35.5. The molecule has 0 aliphatic heterocycles. The number of carbonyl (C=O) groups excluding carboxylic acids is 1. The molecule has 0 radical (unpaired) electrons. The normalized spacial score (nSPS) is 12.6. The average Bonchev–Trinajstić information content (AvgIpc) is 3.32. The number of halogens is 1. The molecule has 5 nitrogen and oxygen atoms in total. The minimum atomic E-state index is -0.950. The molecule has 2 N–H and O–H groups in total. The van der Waals surface area contributed by atoms with Gasteiger partial charge in [0.15, 0.2) is 0 Å². The third-order valence-electron chi connectivity index (χ3n) is 6.76. The second-order valence-electron chi connectivity index (χ2n) is 9.44. The molecular formula is C31H29ClN2O3S. The first-order chi connectivity index (χ1) is 18.3. The fourth-order valence-corrected chi connectivity index (χ4v) is 6.21. The summed E-state index contributed by atoms with van der Waals surface area (Å²) in [6, 6.07) is 22.0. The Kier molecular flexibility index (Phi) is 8.83. The molecule has 1 unspecified atom stereocenters. The Hall–Kier alpha value is -3.66. The number of rotatable bonds is 10. The van der Waals surface area contributed by atoms with E-state index in [9.17, 15) is 14.9 Å². The molecule has 0 aliphatic carbocycles. The number of nitrogens with one attached hydrogen (secondary N) is 1. The van der Waals surface area contributed by atoms with Crippen molar-refractivity contribution in [3.05, 3.63) is 104 Å². The lowest BCUT2D eigenvalue weighted by Gasteiger charge is -2.29. The molecule has 0 aliphatic rings. The minimum Gasteiger partial charge on any atom is -0.481 e. The molecule has 2 atom stereocenters. The van der Waals surface area contributed by atoms with Gasteiger partial charge in [-0.2, -0.15) is 5.26 Å². The first kappa shape index (κ1) is 27.4. The van der Waals surface area contributed by atoms with Gasteiger partial charge in [-0.15, -0.1) is 11.3 Å². The number of carbonyl (C=O) groups is 2. The number of carboxylic acids is 1. The van der Waals surface area contributed by atoms with E-state index in [-0.39, 0.29) is 30.7 Å². The topological polar surface area (TPSA) is 90.2 Å². The Morgan fingerprint density at radius 1 is 1.08 bits per heavy atom. The van der Waals surface area contributed by atoms with Crippen molar-refractivity contribution < 1.29 is 14.7 Å². The third kappa shape index (κ3) is 6.07. The van der Waals surface area contributed by atoms with Gasteiger partial charge >= 0.3 is 5.97 Å². The number of fused-ring (bicyclic) bond motifs is 1. The van der Waals surface area contributed by atoms with Gasteiger partial charge in [-0.3, -0.25) is 9.59 Å². The molecule has 1 heterocycles. The van der Waals surface area contributed by atoms with Crippen LogP contribution in [-0.4, -0.2) is 23.5 Å². The van der Waals surface area contributed by atoms with Crippen LogP contribution in [0.15, 0.2) is 66.0 Å². The highest BCUT2D eigenvalue weighted by Crippen LogP contribution is 2.46. The highest BCUT2D eigenvalue weighted by Gasteiger charge is 2.29. The molecule has 4 rings (SSSR count). The summed E-state index contributed by atoms with van der Waals surface area (Å²) in [5, 5.41) is 25.2. The van der Waals surface area contributed by atoms with E-state index in [0.29, 0.717) is 16.1 Å². The lowest BCUT2D eigenvalue weighted by Crippen LogP contribution is -2.26. The summed E-state index contributed by atoms with van der Waals surface area (Å²) in [7, 11) is 0. The maximum atomic E-state index is 12.5. The van der Waals surface area contributed by atoms with Crippen LogP contribution in [0, 0.1) is 18.3 Å². The standard InChI is InChI=1S/C31H29ClN2O3S/c1-3-4-25(20-5-7-22(8-6-20)31(37)34-14-13-28(35)36)29(21-9-11-24(32)12-10-21)27-18-38-30-23(17-33)15-19(2)16-26(27)30/h5-12,15-16,18,25,29H,3-4,13-14H2,1-2H3,(H,34,37)(H,35,36)/t25-,29?/m1/s1. The van der Waals surface area contributed by atoms with Gasteiger partial charge in [0.2, 0.25) is 0 Å². The van der Waals surface area contributed by atoms with Crippen molar-refractivity contribution in [3.8, 4) is 6.07 Å². The molecule has 1 amide bonds. The molecule has 3 aromatic carbocycles.